The third-order valence-electron chi connectivity index (χ3n) is 2.10. The second-order valence-corrected chi connectivity index (χ2v) is 3.58. The van der Waals surface area contributed by atoms with E-state index in [0.29, 0.717) is 0 Å². The lowest BCUT2D eigenvalue weighted by molar-refractivity contribution is 0.325. The first-order valence-corrected chi connectivity index (χ1v) is 3.71. The van der Waals surface area contributed by atoms with Gasteiger partial charge in [0.25, 0.3) is 0 Å². The van der Waals surface area contributed by atoms with Crippen LogP contribution in [0.15, 0.2) is 11.6 Å². The Morgan fingerprint density at radius 1 is 1.45 bits per heavy atom. The highest BCUT2D eigenvalue weighted by atomic mass is 16.6. The fourth-order valence-electron chi connectivity index (χ4n) is 1.25. The molecule has 2 nitrogen and oxygen atoms in total. The molecule has 0 aromatic heterocycles. The van der Waals surface area contributed by atoms with Crippen LogP contribution in [0.1, 0.15) is 27.7 Å². The maximum atomic E-state index is 8.71. The zero-order valence-electron chi connectivity index (χ0n) is 7.43. The fraction of sp³-hybridized carbons (Fsp3) is 0.667. The van der Waals surface area contributed by atoms with Crippen molar-refractivity contribution in [2.45, 2.75) is 38.9 Å². The smallest absolute Gasteiger partial charge is 0.184 e. The predicted molar refractivity (Wildman–Crippen MR) is 42.9 cm³/mol. The van der Waals surface area contributed by atoms with Gasteiger partial charge in [0.15, 0.2) is 5.60 Å². The lowest BCUT2D eigenvalue weighted by Gasteiger charge is -1.99. The minimum Gasteiger partial charge on any atom is -0.343 e. The second-order valence-electron chi connectivity index (χ2n) is 3.58. The summed E-state index contributed by atoms with van der Waals surface area (Å²) in [5.74, 6) is 0. The zero-order valence-corrected chi connectivity index (χ0v) is 7.43. The van der Waals surface area contributed by atoms with Gasteiger partial charge in [0, 0.05) is 0 Å². The van der Waals surface area contributed by atoms with Gasteiger partial charge in [0.2, 0.25) is 0 Å². The van der Waals surface area contributed by atoms with Crippen LogP contribution in [0.5, 0.6) is 0 Å². The first-order chi connectivity index (χ1) is 4.93. The van der Waals surface area contributed by atoms with E-state index in [9.17, 15) is 0 Å². The Labute approximate surface area is 67.5 Å². The molecule has 2 heteroatoms. The standard InChI is InChI=1S/C9H13NO/c1-7(2)5-8(3)9(4,6-10)11-8/h5H,1-4H3/t8-,9-/m1/s1. The molecule has 0 aliphatic carbocycles. The normalized spacial score (nSPS) is 41.0. The van der Waals surface area contributed by atoms with Crippen LogP contribution in [0.3, 0.4) is 0 Å². The predicted octanol–water partition coefficient (Wildman–Crippen LogP) is 2.02. The topological polar surface area (TPSA) is 36.3 Å². The van der Waals surface area contributed by atoms with Gasteiger partial charge in [-0.25, -0.2) is 0 Å². The Morgan fingerprint density at radius 3 is 2.27 bits per heavy atom. The van der Waals surface area contributed by atoms with Crippen molar-refractivity contribution in [2.75, 3.05) is 0 Å². The van der Waals surface area contributed by atoms with Crippen LogP contribution in [-0.2, 0) is 4.74 Å². The molecule has 11 heavy (non-hydrogen) atoms. The van der Waals surface area contributed by atoms with E-state index in [1.807, 2.05) is 33.8 Å². The summed E-state index contributed by atoms with van der Waals surface area (Å²) in [5, 5.41) is 8.71. The highest BCUT2D eigenvalue weighted by Gasteiger charge is 2.63. The Kier molecular flexibility index (Phi) is 1.57. The van der Waals surface area contributed by atoms with E-state index >= 15 is 0 Å². The number of epoxide rings is 1. The number of hydrogen-bond acceptors (Lipinski definition) is 2. The average molecular weight is 151 g/mol. The number of nitrogens with zero attached hydrogens (tertiary/aromatic N) is 1. The third-order valence-corrected chi connectivity index (χ3v) is 2.10. The number of nitriles is 1. The SMILES string of the molecule is CC(C)=C[C@@]1(C)O[C@]1(C)C#N. The molecule has 1 rings (SSSR count). The molecule has 0 aromatic carbocycles. The molecule has 0 aromatic rings. The molecule has 1 heterocycles. The van der Waals surface area contributed by atoms with Gasteiger partial charge in [-0.15, -0.1) is 0 Å². The highest BCUT2D eigenvalue weighted by molar-refractivity contribution is 5.32. The van der Waals surface area contributed by atoms with Gasteiger partial charge in [0.1, 0.15) is 11.7 Å². The molecule has 0 N–H and O–H groups in total. The molecule has 2 atom stereocenters. The molecule has 60 valence electrons. The van der Waals surface area contributed by atoms with Crippen molar-refractivity contribution in [1.29, 1.82) is 5.26 Å². The maximum absolute atomic E-state index is 8.71. The Morgan fingerprint density at radius 2 is 2.00 bits per heavy atom. The van der Waals surface area contributed by atoms with E-state index in [1.165, 1.54) is 5.57 Å². The van der Waals surface area contributed by atoms with Gasteiger partial charge in [-0.2, -0.15) is 5.26 Å². The van der Waals surface area contributed by atoms with Gasteiger partial charge in [-0.05, 0) is 27.7 Å². The third kappa shape index (κ3) is 1.17. The molecule has 0 unspecified atom stereocenters. The number of rotatable bonds is 1. The van der Waals surface area contributed by atoms with Crippen molar-refractivity contribution in [3.05, 3.63) is 11.6 Å². The number of hydrogen-bond donors (Lipinski definition) is 0. The highest BCUT2D eigenvalue weighted by Crippen LogP contribution is 2.48. The van der Waals surface area contributed by atoms with Crippen molar-refractivity contribution < 1.29 is 4.74 Å². The molecule has 1 aliphatic rings. The lowest BCUT2D eigenvalue weighted by Crippen LogP contribution is -2.15. The summed E-state index contributed by atoms with van der Waals surface area (Å²) in [6.45, 7) is 7.76. The zero-order chi connectivity index (χ0) is 8.70. The van der Waals surface area contributed by atoms with Crippen molar-refractivity contribution in [3.63, 3.8) is 0 Å². The van der Waals surface area contributed by atoms with Crippen molar-refractivity contribution in [1.82, 2.24) is 0 Å². The fourth-order valence-corrected chi connectivity index (χ4v) is 1.25. The molecule has 0 bridgehead atoms. The van der Waals surface area contributed by atoms with E-state index in [0.717, 1.165) is 0 Å². The van der Waals surface area contributed by atoms with Crippen LogP contribution in [0.25, 0.3) is 0 Å². The lowest BCUT2D eigenvalue weighted by atomic mass is 9.96. The first kappa shape index (κ1) is 8.29. The van der Waals surface area contributed by atoms with Crippen molar-refractivity contribution in [2.24, 2.45) is 0 Å². The summed E-state index contributed by atoms with van der Waals surface area (Å²) < 4.78 is 5.31. The second kappa shape index (κ2) is 2.09. The monoisotopic (exact) mass is 151 g/mol. The van der Waals surface area contributed by atoms with Crippen LogP contribution in [-0.4, -0.2) is 11.2 Å². The average Bonchev–Trinajstić information content (AvgIpc) is 2.34. The van der Waals surface area contributed by atoms with Crippen molar-refractivity contribution in [3.8, 4) is 6.07 Å². The molecule has 0 radical (unpaired) electrons. The Bertz CT molecular complexity index is 247. The molecule has 1 aliphatic heterocycles. The van der Waals surface area contributed by atoms with Crippen molar-refractivity contribution >= 4 is 0 Å². The Hall–Kier alpha value is -0.810. The van der Waals surface area contributed by atoms with Gasteiger partial charge >= 0.3 is 0 Å². The van der Waals surface area contributed by atoms with Crippen LogP contribution in [0, 0.1) is 11.3 Å². The summed E-state index contributed by atoms with van der Waals surface area (Å²) in [6.07, 6.45) is 2.00. The van der Waals surface area contributed by atoms with E-state index < -0.39 is 5.60 Å². The minimum atomic E-state index is -0.593. The summed E-state index contributed by atoms with van der Waals surface area (Å²) >= 11 is 0. The quantitative estimate of drug-likeness (QED) is 0.424. The minimum absolute atomic E-state index is 0.347. The van der Waals surface area contributed by atoms with Crippen LogP contribution in [0.4, 0.5) is 0 Å². The molecule has 1 saturated heterocycles. The maximum Gasteiger partial charge on any atom is 0.184 e. The van der Waals surface area contributed by atoms with Crippen LogP contribution < -0.4 is 0 Å². The molecule has 1 fully saturated rings. The van der Waals surface area contributed by atoms with Gasteiger partial charge in [0.05, 0.1) is 0 Å². The summed E-state index contributed by atoms with van der Waals surface area (Å²) in [5.41, 5.74) is 0.247. The van der Waals surface area contributed by atoms with Gasteiger partial charge in [-0.1, -0.05) is 11.6 Å². The first-order valence-electron chi connectivity index (χ1n) is 3.71. The molecule has 0 saturated carbocycles. The van der Waals surface area contributed by atoms with Crippen LogP contribution >= 0.6 is 0 Å². The van der Waals surface area contributed by atoms with E-state index in [4.69, 9.17) is 10.00 Å². The Balaban J connectivity index is 2.80. The van der Waals surface area contributed by atoms with E-state index in [1.54, 1.807) is 0 Å². The summed E-state index contributed by atoms with van der Waals surface area (Å²) in [4.78, 5) is 0. The summed E-state index contributed by atoms with van der Waals surface area (Å²) in [7, 11) is 0. The number of allylic oxidation sites excluding steroid dienone is 1. The van der Waals surface area contributed by atoms with Gasteiger partial charge < -0.3 is 4.74 Å². The van der Waals surface area contributed by atoms with E-state index in [2.05, 4.69) is 6.07 Å². The number of ether oxygens (including phenoxy) is 1. The molecular weight excluding hydrogens is 138 g/mol. The molecule has 0 spiro atoms. The summed E-state index contributed by atoms with van der Waals surface area (Å²) in [6, 6.07) is 2.14. The van der Waals surface area contributed by atoms with Gasteiger partial charge in [-0.3, -0.25) is 0 Å². The largest absolute Gasteiger partial charge is 0.343 e. The molecular formula is C9H13NO. The van der Waals surface area contributed by atoms with Crippen LogP contribution in [0.2, 0.25) is 0 Å². The molecule has 0 amide bonds. The van der Waals surface area contributed by atoms with E-state index in [-0.39, 0.29) is 5.60 Å².